The van der Waals surface area contributed by atoms with Crippen molar-refractivity contribution in [3.05, 3.63) is 86.1 Å². The van der Waals surface area contributed by atoms with Crippen LogP contribution in [0.15, 0.2) is 47.0 Å². The minimum Gasteiger partial charge on any atom is -0.479 e. The van der Waals surface area contributed by atoms with Crippen LogP contribution in [0, 0.1) is 24.0 Å². The standard InChI is InChI=1S/C28H24F2N6O6S/c1-4-35-11-17(14(3)34-35)16-10-18(25(29)30)32-28-22(16)23(24(43-28)26(31)37)33-27(38)21-8-6-15(42-21)12-41-20-7-5-13(2)9-19(20)36(39)40/h5-11,25H,4,12H2,1-3H3,(H2,31,37)(H,33,38). The van der Waals surface area contributed by atoms with Crippen molar-refractivity contribution in [1.82, 2.24) is 14.8 Å². The third kappa shape index (κ3) is 5.79. The highest BCUT2D eigenvalue weighted by Gasteiger charge is 2.27. The minimum absolute atomic E-state index is 0.00561. The number of thiophene rings is 1. The molecule has 222 valence electrons. The average Bonchev–Trinajstić information content (AvgIpc) is 3.69. The summed E-state index contributed by atoms with van der Waals surface area (Å²) >= 11 is 0.777. The van der Waals surface area contributed by atoms with Gasteiger partial charge in [-0.05, 0) is 56.2 Å². The van der Waals surface area contributed by atoms with Crippen molar-refractivity contribution in [2.24, 2.45) is 5.73 Å². The van der Waals surface area contributed by atoms with E-state index < -0.39 is 28.9 Å². The van der Waals surface area contributed by atoms with E-state index >= 15 is 0 Å². The lowest BCUT2D eigenvalue weighted by molar-refractivity contribution is -0.386. The first-order valence-electron chi connectivity index (χ1n) is 12.8. The molecule has 0 aliphatic carbocycles. The molecule has 15 heteroatoms. The summed E-state index contributed by atoms with van der Waals surface area (Å²) in [6.07, 6.45) is -1.21. The predicted octanol–water partition coefficient (Wildman–Crippen LogP) is 6.17. The molecule has 3 N–H and O–H groups in total. The topological polar surface area (TPSA) is 168 Å². The summed E-state index contributed by atoms with van der Waals surface area (Å²) in [6.45, 7) is 5.61. The van der Waals surface area contributed by atoms with Gasteiger partial charge >= 0.3 is 5.69 Å². The van der Waals surface area contributed by atoms with E-state index in [0.29, 0.717) is 28.9 Å². The molecule has 43 heavy (non-hydrogen) atoms. The minimum atomic E-state index is -2.90. The number of nitrogens with two attached hydrogens (primary N) is 1. The lowest BCUT2D eigenvalue weighted by Gasteiger charge is -2.10. The number of alkyl halides is 2. The van der Waals surface area contributed by atoms with Crippen LogP contribution in [0.2, 0.25) is 0 Å². The number of nitro benzene ring substituents is 1. The predicted molar refractivity (Wildman–Crippen MR) is 154 cm³/mol. The number of aryl methyl sites for hydroxylation is 3. The molecule has 5 aromatic rings. The highest BCUT2D eigenvalue weighted by Crippen LogP contribution is 2.43. The molecule has 0 saturated carbocycles. The lowest BCUT2D eigenvalue weighted by atomic mass is 10.0. The van der Waals surface area contributed by atoms with E-state index in [2.05, 4.69) is 15.4 Å². The Morgan fingerprint density at radius 3 is 2.63 bits per heavy atom. The first kappa shape index (κ1) is 29.3. The molecule has 0 aliphatic rings. The van der Waals surface area contributed by atoms with E-state index in [1.54, 1.807) is 30.8 Å². The first-order valence-corrected chi connectivity index (χ1v) is 13.7. The van der Waals surface area contributed by atoms with E-state index in [9.17, 15) is 28.5 Å². The number of furan rings is 1. The summed E-state index contributed by atoms with van der Waals surface area (Å²) < 4.78 is 40.4. The van der Waals surface area contributed by atoms with E-state index in [4.69, 9.17) is 14.9 Å². The number of benzene rings is 1. The van der Waals surface area contributed by atoms with Gasteiger partial charge in [-0.1, -0.05) is 6.07 Å². The van der Waals surface area contributed by atoms with Crippen molar-refractivity contribution in [2.45, 2.75) is 40.3 Å². The molecule has 5 rings (SSSR count). The summed E-state index contributed by atoms with van der Waals surface area (Å²) in [7, 11) is 0. The number of primary amides is 1. The van der Waals surface area contributed by atoms with Crippen LogP contribution >= 0.6 is 11.3 Å². The van der Waals surface area contributed by atoms with Gasteiger partial charge in [0, 0.05) is 29.8 Å². The summed E-state index contributed by atoms with van der Waals surface area (Å²) in [5, 5.41) is 18.7. The second kappa shape index (κ2) is 11.6. The van der Waals surface area contributed by atoms with E-state index in [0.717, 1.165) is 11.3 Å². The molecule has 0 saturated heterocycles. The molecule has 0 fully saturated rings. The molecular formula is C28H24F2N6O6S. The molecule has 2 amide bonds. The maximum absolute atomic E-state index is 13.8. The fourth-order valence-corrected chi connectivity index (χ4v) is 5.49. The molecule has 4 heterocycles. The van der Waals surface area contributed by atoms with Gasteiger partial charge in [-0.2, -0.15) is 5.10 Å². The van der Waals surface area contributed by atoms with Crippen LogP contribution in [0.3, 0.4) is 0 Å². The quantitative estimate of drug-likeness (QED) is 0.140. The summed E-state index contributed by atoms with van der Waals surface area (Å²) in [5.74, 6) is -1.60. The number of anilines is 1. The van der Waals surface area contributed by atoms with Crippen LogP contribution in [-0.4, -0.2) is 31.5 Å². The van der Waals surface area contributed by atoms with Crippen molar-refractivity contribution in [3.63, 3.8) is 0 Å². The zero-order chi connectivity index (χ0) is 31.0. The number of nitro groups is 1. The second-order valence-corrected chi connectivity index (χ2v) is 10.5. The van der Waals surface area contributed by atoms with Crippen LogP contribution < -0.4 is 15.8 Å². The highest BCUT2D eigenvalue weighted by atomic mass is 32.1. The summed E-state index contributed by atoms with van der Waals surface area (Å²) in [6, 6.07) is 8.53. The number of hydrogen-bond acceptors (Lipinski definition) is 9. The average molecular weight is 611 g/mol. The van der Waals surface area contributed by atoms with E-state index in [-0.39, 0.29) is 50.3 Å². The largest absolute Gasteiger partial charge is 0.479 e. The number of halogens is 2. The van der Waals surface area contributed by atoms with Crippen molar-refractivity contribution >= 4 is 44.7 Å². The molecule has 0 unspecified atom stereocenters. The number of ether oxygens (including phenoxy) is 1. The Labute approximate surface area is 246 Å². The van der Waals surface area contributed by atoms with Gasteiger partial charge in [0.1, 0.15) is 27.8 Å². The fraction of sp³-hybridized carbons (Fsp3) is 0.214. The highest BCUT2D eigenvalue weighted by molar-refractivity contribution is 7.21. The molecule has 0 atom stereocenters. The number of fused-ring (bicyclic) bond motifs is 1. The Kier molecular flexibility index (Phi) is 7.91. The normalized spacial score (nSPS) is 11.3. The Morgan fingerprint density at radius 2 is 1.98 bits per heavy atom. The SMILES string of the molecule is CCn1cc(-c2cc(C(F)F)nc3sc(C(N)=O)c(NC(=O)c4ccc(COc5ccc(C)cc5[N+](=O)[O-])o4)c23)c(C)n1. The molecule has 1 aromatic carbocycles. The van der Waals surface area contributed by atoms with Crippen molar-refractivity contribution in [3.8, 4) is 16.9 Å². The number of hydrogen-bond donors (Lipinski definition) is 2. The number of pyridine rings is 1. The van der Waals surface area contributed by atoms with Crippen LogP contribution in [0.1, 0.15) is 56.3 Å². The van der Waals surface area contributed by atoms with E-state index in [1.807, 2.05) is 6.92 Å². The third-order valence-corrected chi connectivity index (χ3v) is 7.59. The molecule has 0 bridgehead atoms. The molecule has 0 spiro atoms. The third-order valence-electron chi connectivity index (χ3n) is 6.49. The van der Waals surface area contributed by atoms with Crippen LogP contribution in [0.25, 0.3) is 21.3 Å². The van der Waals surface area contributed by atoms with Crippen molar-refractivity contribution in [2.75, 3.05) is 5.32 Å². The Morgan fingerprint density at radius 1 is 1.21 bits per heavy atom. The van der Waals surface area contributed by atoms with E-state index in [1.165, 1.54) is 30.3 Å². The molecular weight excluding hydrogens is 586 g/mol. The number of rotatable bonds is 10. The number of carbonyl (C=O) groups is 2. The number of amides is 2. The van der Waals surface area contributed by atoms with Gasteiger partial charge in [0.05, 0.1) is 16.3 Å². The zero-order valence-electron chi connectivity index (χ0n) is 23.0. The maximum Gasteiger partial charge on any atom is 0.311 e. The number of aromatic nitrogens is 3. The fourth-order valence-electron chi connectivity index (χ4n) is 4.47. The Hall–Kier alpha value is -5.18. The maximum atomic E-state index is 13.8. The van der Waals surface area contributed by atoms with Crippen LogP contribution in [-0.2, 0) is 13.2 Å². The summed E-state index contributed by atoms with van der Waals surface area (Å²) in [4.78, 5) is 40.5. The van der Waals surface area contributed by atoms with Crippen LogP contribution in [0.4, 0.5) is 20.2 Å². The lowest BCUT2D eigenvalue weighted by Crippen LogP contribution is -2.16. The first-order chi connectivity index (χ1) is 20.5. The molecule has 0 aliphatic heterocycles. The van der Waals surface area contributed by atoms with Crippen molar-refractivity contribution in [1.29, 1.82) is 0 Å². The monoisotopic (exact) mass is 610 g/mol. The van der Waals surface area contributed by atoms with Gasteiger partial charge in [-0.25, -0.2) is 13.8 Å². The van der Waals surface area contributed by atoms with Gasteiger partial charge in [0.2, 0.25) is 0 Å². The Bertz CT molecular complexity index is 1900. The molecule has 12 nitrogen and oxygen atoms in total. The Balaban J connectivity index is 1.50. The summed E-state index contributed by atoms with van der Waals surface area (Å²) in [5.41, 5.74) is 6.93. The van der Waals surface area contributed by atoms with Crippen LogP contribution in [0.5, 0.6) is 5.75 Å². The second-order valence-electron chi connectivity index (χ2n) is 9.47. The number of carbonyl (C=O) groups excluding carboxylic acids is 2. The van der Waals surface area contributed by atoms with Gasteiger partial charge < -0.3 is 20.2 Å². The number of nitrogens with zero attached hydrogens (tertiary/aromatic N) is 4. The van der Waals surface area contributed by atoms with Crippen molar-refractivity contribution < 1.29 is 32.4 Å². The van der Waals surface area contributed by atoms with Gasteiger partial charge in [0.15, 0.2) is 11.5 Å². The molecule has 4 aromatic heterocycles. The molecule has 0 radical (unpaired) electrons. The smallest absolute Gasteiger partial charge is 0.311 e. The number of nitrogens with one attached hydrogen (secondary N) is 1. The van der Waals surface area contributed by atoms with Gasteiger partial charge in [-0.3, -0.25) is 24.4 Å². The van der Waals surface area contributed by atoms with Gasteiger partial charge in [0.25, 0.3) is 18.2 Å². The van der Waals surface area contributed by atoms with Gasteiger partial charge in [-0.15, -0.1) is 11.3 Å². The zero-order valence-corrected chi connectivity index (χ0v) is 23.8.